The Kier molecular flexibility index (Phi) is 6.86. The molecule has 0 aliphatic heterocycles. The van der Waals surface area contributed by atoms with Crippen molar-refractivity contribution in [1.29, 1.82) is 0 Å². The Morgan fingerprint density at radius 2 is 1.58 bits per heavy atom. The van der Waals surface area contributed by atoms with Crippen LogP contribution in [0.25, 0.3) is 10.9 Å². The number of esters is 1. The van der Waals surface area contributed by atoms with E-state index < -0.39 is 24.5 Å². The molecule has 4 aromatic rings. The zero-order valence-corrected chi connectivity index (χ0v) is 18.3. The minimum Gasteiger partial charge on any atom is -0.456 e. The van der Waals surface area contributed by atoms with Crippen LogP contribution in [0.5, 0.6) is 0 Å². The van der Waals surface area contributed by atoms with Crippen LogP contribution in [0.3, 0.4) is 0 Å². The van der Waals surface area contributed by atoms with Crippen LogP contribution in [0.1, 0.15) is 26.3 Å². The average Bonchev–Trinajstić information content (AvgIpc) is 3.25. The van der Waals surface area contributed by atoms with Gasteiger partial charge in [-0.2, -0.15) is 0 Å². The Morgan fingerprint density at radius 3 is 2.33 bits per heavy atom. The second kappa shape index (κ2) is 10.1. The molecule has 33 heavy (non-hydrogen) atoms. The number of carbonyl (C=O) groups excluding carboxylic acids is 3. The van der Waals surface area contributed by atoms with Crippen LogP contribution in [0, 0.1) is 0 Å². The Balaban J connectivity index is 1.52. The van der Waals surface area contributed by atoms with Crippen molar-refractivity contribution in [3.8, 4) is 0 Å². The Hall–Kier alpha value is -3.90. The molecule has 0 spiro atoms. The average molecular weight is 461 g/mol. The highest BCUT2D eigenvalue weighted by atomic mass is 35.5. The van der Waals surface area contributed by atoms with E-state index in [1.54, 1.807) is 60.8 Å². The van der Waals surface area contributed by atoms with Crippen molar-refractivity contribution in [2.45, 2.75) is 12.5 Å². The van der Waals surface area contributed by atoms with Crippen molar-refractivity contribution < 1.29 is 19.1 Å². The van der Waals surface area contributed by atoms with E-state index in [-0.39, 0.29) is 12.2 Å². The molecule has 1 aromatic heterocycles. The lowest BCUT2D eigenvalue weighted by atomic mass is 10.0. The summed E-state index contributed by atoms with van der Waals surface area (Å²) in [6, 6.07) is 21.6. The van der Waals surface area contributed by atoms with E-state index in [4.69, 9.17) is 16.3 Å². The van der Waals surface area contributed by atoms with E-state index in [0.29, 0.717) is 16.1 Å². The Morgan fingerprint density at radius 1 is 0.879 bits per heavy atom. The fraction of sp³-hybridized carbons (Fsp3) is 0.115. The number of nitrogens with one attached hydrogen (secondary N) is 2. The van der Waals surface area contributed by atoms with Gasteiger partial charge in [-0.1, -0.05) is 60.1 Å². The third-order valence-electron chi connectivity index (χ3n) is 5.24. The van der Waals surface area contributed by atoms with Crippen molar-refractivity contribution in [2.24, 2.45) is 0 Å². The van der Waals surface area contributed by atoms with Crippen LogP contribution in [0.2, 0.25) is 5.02 Å². The summed E-state index contributed by atoms with van der Waals surface area (Å²) >= 11 is 5.90. The highest BCUT2D eigenvalue weighted by molar-refractivity contribution is 6.30. The number of hydrogen-bond donors (Lipinski definition) is 2. The normalized spacial score (nSPS) is 11.7. The molecule has 0 bridgehead atoms. The maximum Gasteiger partial charge on any atom is 0.329 e. The standard InChI is InChI=1S/C26H21ClN2O4/c27-20-12-10-18(11-13-20)25(31)29-23(14-19-15-28-22-9-5-4-8-21(19)22)26(32)33-16-24(30)17-6-2-1-3-7-17/h1-13,15,23,28H,14,16H2,(H,29,31)/t23-/m1/s1. The minimum atomic E-state index is -0.990. The summed E-state index contributed by atoms with van der Waals surface area (Å²) in [6.45, 7) is -0.413. The van der Waals surface area contributed by atoms with Crippen LogP contribution >= 0.6 is 11.6 Å². The summed E-state index contributed by atoms with van der Waals surface area (Å²) in [4.78, 5) is 41.2. The molecular formula is C26H21ClN2O4. The molecule has 0 aliphatic carbocycles. The van der Waals surface area contributed by atoms with E-state index in [0.717, 1.165) is 16.5 Å². The number of hydrogen-bond acceptors (Lipinski definition) is 4. The number of rotatable bonds is 8. The van der Waals surface area contributed by atoms with E-state index in [2.05, 4.69) is 10.3 Å². The largest absolute Gasteiger partial charge is 0.456 e. The van der Waals surface area contributed by atoms with Crippen LogP contribution in [0.15, 0.2) is 85.1 Å². The molecule has 7 heteroatoms. The van der Waals surface area contributed by atoms with Crippen LogP contribution < -0.4 is 5.32 Å². The van der Waals surface area contributed by atoms with Crippen molar-refractivity contribution in [2.75, 3.05) is 6.61 Å². The number of halogens is 1. The molecule has 0 saturated carbocycles. The number of ketones is 1. The summed E-state index contributed by atoms with van der Waals surface area (Å²) in [6.07, 6.45) is 2.00. The van der Waals surface area contributed by atoms with Crippen molar-refractivity contribution in [3.63, 3.8) is 0 Å². The molecule has 0 saturated heterocycles. The van der Waals surface area contributed by atoms with Gasteiger partial charge in [0.25, 0.3) is 5.91 Å². The number of aromatic amines is 1. The maximum atomic E-state index is 12.9. The minimum absolute atomic E-state index is 0.196. The van der Waals surface area contributed by atoms with E-state index in [1.807, 2.05) is 24.3 Å². The highest BCUT2D eigenvalue weighted by Gasteiger charge is 2.25. The second-order valence-corrected chi connectivity index (χ2v) is 7.93. The van der Waals surface area contributed by atoms with E-state index in [9.17, 15) is 14.4 Å². The lowest BCUT2D eigenvalue weighted by molar-refractivity contribution is -0.144. The topological polar surface area (TPSA) is 88.3 Å². The van der Waals surface area contributed by atoms with Crippen LogP contribution in [-0.4, -0.2) is 35.3 Å². The van der Waals surface area contributed by atoms with Gasteiger partial charge in [0.05, 0.1) is 0 Å². The number of H-pyrrole nitrogens is 1. The first-order chi connectivity index (χ1) is 16.0. The summed E-state index contributed by atoms with van der Waals surface area (Å²) in [5.74, 6) is -1.45. The first-order valence-corrected chi connectivity index (χ1v) is 10.8. The van der Waals surface area contributed by atoms with Crippen molar-refractivity contribution >= 4 is 40.2 Å². The Bertz CT molecular complexity index is 1280. The monoisotopic (exact) mass is 460 g/mol. The van der Waals surface area contributed by atoms with Crippen molar-refractivity contribution in [3.05, 3.63) is 107 Å². The number of fused-ring (bicyclic) bond motifs is 1. The number of carbonyl (C=O) groups is 3. The summed E-state index contributed by atoms with van der Waals surface area (Å²) in [7, 11) is 0. The molecule has 1 heterocycles. The molecule has 0 unspecified atom stereocenters. The third kappa shape index (κ3) is 5.48. The first-order valence-electron chi connectivity index (χ1n) is 10.4. The zero-order chi connectivity index (χ0) is 23.2. The molecule has 166 valence electrons. The molecule has 4 rings (SSSR count). The maximum absolute atomic E-state index is 12.9. The lowest BCUT2D eigenvalue weighted by Gasteiger charge is -2.17. The van der Waals surface area contributed by atoms with Gasteiger partial charge in [-0.3, -0.25) is 9.59 Å². The predicted molar refractivity (Wildman–Crippen MR) is 126 cm³/mol. The molecule has 6 nitrogen and oxygen atoms in total. The number of Topliss-reactive ketones (excluding diaryl/α,β-unsaturated/α-hetero) is 1. The van der Waals surface area contributed by atoms with Gasteiger partial charge in [0, 0.05) is 39.7 Å². The SMILES string of the molecule is O=C(COC(=O)[C@@H](Cc1c[nH]c2ccccc12)NC(=O)c1ccc(Cl)cc1)c1ccccc1. The molecule has 0 fully saturated rings. The Labute approximate surface area is 195 Å². The second-order valence-electron chi connectivity index (χ2n) is 7.49. The molecule has 0 radical (unpaired) electrons. The van der Waals surface area contributed by atoms with E-state index in [1.165, 1.54) is 0 Å². The molecular weight excluding hydrogens is 440 g/mol. The van der Waals surface area contributed by atoms with Gasteiger partial charge in [-0.25, -0.2) is 4.79 Å². The van der Waals surface area contributed by atoms with Gasteiger partial charge in [-0.15, -0.1) is 0 Å². The molecule has 3 aromatic carbocycles. The molecule has 0 aliphatic rings. The summed E-state index contributed by atoms with van der Waals surface area (Å²) in [5.41, 5.74) is 2.57. The number of aromatic nitrogens is 1. The van der Waals surface area contributed by atoms with Gasteiger partial charge < -0.3 is 15.0 Å². The van der Waals surface area contributed by atoms with Crippen molar-refractivity contribution in [1.82, 2.24) is 10.3 Å². The van der Waals surface area contributed by atoms with Gasteiger partial charge in [0.1, 0.15) is 6.04 Å². The quantitative estimate of drug-likeness (QED) is 0.297. The number of para-hydroxylation sites is 1. The smallest absolute Gasteiger partial charge is 0.329 e. The first kappa shape index (κ1) is 22.3. The van der Waals surface area contributed by atoms with E-state index >= 15 is 0 Å². The lowest BCUT2D eigenvalue weighted by Crippen LogP contribution is -2.43. The van der Waals surface area contributed by atoms with Crippen LogP contribution in [-0.2, 0) is 16.0 Å². The number of amides is 1. The van der Waals surface area contributed by atoms with Gasteiger partial charge in [0.2, 0.25) is 0 Å². The molecule has 1 atom stereocenters. The highest BCUT2D eigenvalue weighted by Crippen LogP contribution is 2.20. The fourth-order valence-corrected chi connectivity index (χ4v) is 3.63. The van der Waals surface area contributed by atoms with Gasteiger partial charge >= 0.3 is 5.97 Å². The fourth-order valence-electron chi connectivity index (χ4n) is 3.50. The number of ether oxygens (including phenoxy) is 1. The molecule has 1 amide bonds. The third-order valence-corrected chi connectivity index (χ3v) is 5.49. The molecule has 2 N–H and O–H groups in total. The summed E-state index contributed by atoms with van der Waals surface area (Å²) < 4.78 is 5.30. The zero-order valence-electron chi connectivity index (χ0n) is 17.6. The van der Waals surface area contributed by atoms with Gasteiger partial charge in [0.15, 0.2) is 12.4 Å². The van der Waals surface area contributed by atoms with Crippen LogP contribution in [0.4, 0.5) is 0 Å². The summed E-state index contributed by atoms with van der Waals surface area (Å²) in [5, 5.41) is 4.18. The van der Waals surface area contributed by atoms with Gasteiger partial charge in [-0.05, 0) is 35.9 Å². The predicted octanol–water partition coefficient (Wildman–Crippen LogP) is 4.59. The number of benzene rings is 3.